The second-order valence-electron chi connectivity index (χ2n) is 4.47. The number of imidazole rings is 1. The molecule has 0 unspecified atom stereocenters. The Balaban J connectivity index is 2.15. The average Bonchev–Trinajstić information content (AvgIpc) is 2.75. The number of rotatable bonds is 3. The van der Waals surface area contributed by atoms with Gasteiger partial charge in [-0.2, -0.15) is 0 Å². The Kier molecular flexibility index (Phi) is 3.14. The molecule has 0 aliphatic heterocycles. The molecule has 0 atom stereocenters. The molecule has 0 spiro atoms. The lowest BCUT2D eigenvalue weighted by Crippen LogP contribution is -2.19. The van der Waals surface area contributed by atoms with Crippen LogP contribution in [-0.2, 0) is 0 Å². The molecule has 0 aliphatic carbocycles. The SMILES string of the molecule is CN(CCF)c1ccn2c(c1)nc1cc(Br)ccc12. The van der Waals surface area contributed by atoms with Crippen molar-refractivity contribution in [2.45, 2.75) is 0 Å². The maximum Gasteiger partial charge on any atom is 0.139 e. The topological polar surface area (TPSA) is 20.5 Å². The molecule has 1 aromatic carbocycles. The van der Waals surface area contributed by atoms with E-state index in [2.05, 4.69) is 20.9 Å². The Morgan fingerprint density at radius 2 is 2.16 bits per heavy atom. The number of nitrogens with zero attached hydrogens (tertiary/aromatic N) is 3. The first-order valence-corrected chi connectivity index (χ1v) is 6.83. The zero-order chi connectivity index (χ0) is 13.4. The number of anilines is 1. The molecule has 0 saturated carbocycles. The highest BCUT2D eigenvalue weighted by atomic mass is 79.9. The van der Waals surface area contributed by atoms with E-state index in [0.29, 0.717) is 6.54 Å². The molecule has 0 N–H and O–H groups in total. The van der Waals surface area contributed by atoms with Crippen LogP contribution in [0.3, 0.4) is 0 Å². The predicted molar refractivity (Wildman–Crippen MR) is 79.6 cm³/mol. The quantitative estimate of drug-likeness (QED) is 0.734. The second-order valence-corrected chi connectivity index (χ2v) is 5.38. The maximum absolute atomic E-state index is 12.4. The third-order valence-electron chi connectivity index (χ3n) is 3.21. The van der Waals surface area contributed by atoms with Gasteiger partial charge in [0.15, 0.2) is 0 Å². The summed E-state index contributed by atoms with van der Waals surface area (Å²) in [5, 5.41) is 0. The zero-order valence-electron chi connectivity index (χ0n) is 10.5. The fraction of sp³-hybridized carbons (Fsp3) is 0.214. The van der Waals surface area contributed by atoms with Crippen molar-refractivity contribution in [3.05, 3.63) is 41.0 Å². The summed E-state index contributed by atoms with van der Waals surface area (Å²) in [6.45, 7) is 0.0347. The van der Waals surface area contributed by atoms with E-state index in [-0.39, 0.29) is 6.67 Å². The molecule has 2 aromatic heterocycles. The number of aromatic nitrogens is 2. The number of benzene rings is 1. The highest BCUT2D eigenvalue weighted by Crippen LogP contribution is 2.23. The van der Waals surface area contributed by atoms with Gasteiger partial charge in [-0.1, -0.05) is 15.9 Å². The summed E-state index contributed by atoms with van der Waals surface area (Å²) in [6.07, 6.45) is 1.97. The molecular formula is C14H13BrFN3. The van der Waals surface area contributed by atoms with Crippen molar-refractivity contribution in [3.63, 3.8) is 0 Å². The Morgan fingerprint density at radius 3 is 2.95 bits per heavy atom. The number of pyridine rings is 1. The van der Waals surface area contributed by atoms with Crippen LogP contribution in [0, 0.1) is 0 Å². The van der Waals surface area contributed by atoms with Gasteiger partial charge in [-0.15, -0.1) is 0 Å². The van der Waals surface area contributed by atoms with Gasteiger partial charge in [0.2, 0.25) is 0 Å². The molecule has 0 amide bonds. The van der Waals surface area contributed by atoms with Crippen LogP contribution < -0.4 is 4.90 Å². The monoisotopic (exact) mass is 321 g/mol. The first-order valence-electron chi connectivity index (χ1n) is 6.03. The van der Waals surface area contributed by atoms with Crippen molar-refractivity contribution < 1.29 is 4.39 Å². The largest absolute Gasteiger partial charge is 0.372 e. The minimum atomic E-state index is -0.356. The van der Waals surface area contributed by atoms with E-state index < -0.39 is 0 Å². The Labute approximate surface area is 118 Å². The van der Waals surface area contributed by atoms with Gasteiger partial charge >= 0.3 is 0 Å². The molecule has 0 aliphatic rings. The number of alkyl halides is 1. The van der Waals surface area contributed by atoms with Crippen molar-refractivity contribution in [1.82, 2.24) is 9.38 Å². The first kappa shape index (κ1) is 12.4. The van der Waals surface area contributed by atoms with Gasteiger partial charge in [-0.05, 0) is 24.3 Å². The summed E-state index contributed by atoms with van der Waals surface area (Å²) in [4.78, 5) is 6.48. The zero-order valence-corrected chi connectivity index (χ0v) is 12.1. The first-order chi connectivity index (χ1) is 9.19. The molecule has 3 rings (SSSR count). The van der Waals surface area contributed by atoms with Crippen molar-refractivity contribution in [3.8, 4) is 0 Å². The van der Waals surface area contributed by atoms with E-state index in [9.17, 15) is 4.39 Å². The molecule has 98 valence electrons. The molecular weight excluding hydrogens is 309 g/mol. The summed E-state index contributed by atoms with van der Waals surface area (Å²) >= 11 is 3.45. The average molecular weight is 322 g/mol. The van der Waals surface area contributed by atoms with Gasteiger partial charge in [0, 0.05) is 36.0 Å². The molecule has 3 nitrogen and oxygen atoms in total. The summed E-state index contributed by atoms with van der Waals surface area (Å²) in [7, 11) is 1.88. The van der Waals surface area contributed by atoms with Crippen molar-refractivity contribution in [1.29, 1.82) is 0 Å². The van der Waals surface area contributed by atoms with E-state index in [0.717, 1.165) is 26.8 Å². The van der Waals surface area contributed by atoms with Crippen LogP contribution in [0.1, 0.15) is 0 Å². The van der Waals surface area contributed by atoms with Gasteiger partial charge in [0.1, 0.15) is 12.3 Å². The van der Waals surface area contributed by atoms with Gasteiger partial charge < -0.3 is 4.90 Å². The van der Waals surface area contributed by atoms with Crippen LogP contribution in [0.25, 0.3) is 16.7 Å². The van der Waals surface area contributed by atoms with Crippen LogP contribution in [0.2, 0.25) is 0 Å². The molecule has 0 saturated heterocycles. The summed E-state index contributed by atoms with van der Waals surface area (Å²) in [6, 6.07) is 9.98. The van der Waals surface area contributed by atoms with Gasteiger partial charge in [-0.25, -0.2) is 9.37 Å². The minimum absolute atomic E-state index is 0.356. The normalized spacial score (nSPS) is 11.3. The number of fused-ring (bicyclic) bond motifs is 3. The second kappa shape index (κ2) is 4.81. The molecule has 0 radical (unpaired) electrons. The van der Waals surface area contributed by atoms with E-state index in [4.69, 9.17) is 0 Å². The smallest absolute Gasteiger partial charge is 0.139 e. The molecule has 0 bridgehead atoms. The van der Waals surface area contributed by atoms with Crippen LogP contribution in [0.5, 0.6) is 0 Å². The maximum atomic E-state index is 12.4. The Bertz CT molecular complexity index is 738. The van der Waals surface area contributed by atoms with Crippen molar-refractivity contribution >= 4 is 38.3 Å². The van der Waals surface area contributed by atoms with Crippen molar-refractivity contribution in [2.24, 2.45) is 0 Å². The van der Waals surface area contributed by atoms with Gasteiger partial charge in [0.05, 0.1) is 11.0 Å². The lowest BCUT2D eigenvalue weighted by Gasteiger charge is -2.17. The summed E-state index contributed by atoms with van der Waals surface area (Å²) in [5.41, 5.74) is 3.85. The van der Waals surface area contributed by atoms with E-state index in [1.165, 1.54) is 0 Å². The van der Waals surface area contributed by atoms with Crippen LogP contribution in [0.15, 0.2) is 41.0 Å². The van der Waals surface area contributed by atoms with E-state index in [1.54, 1.807) is 0 Å². The number of hydrogen-bond acceptors (Lipinski definition) is 2. The highest BCUT2D eigenvalue weighted by molar-refractivity contribution is 9.10. The fourth-order valence-electron chi connectivity index (χ4n) is 2.17. The standard InChI is InChI=1S/C14H13BrFN3/c1-18(7-5-16)11-4-6-19-13-3-2-10(15)8-12(13)17-14(19)9-11/h2-4,6,8-9H,5,7H2,1H3. The van der Waals surface area contributed by atoms with Crippen LogP contribution in [0.4, 0.5) is 10.1 Å². The fourth-order valence-corrected chi connectivity index (χ4v) is 2.52. The third-order valence-corrected chi connectivity index (χ3v) is 3.70. The number of hydrogen-bond donors (Lipinski definition) is 0. The Morgan fingerprint density at radius 1 is 1.32 bits per heavy atom. The lowest BCUT2D eigenvalue weighted by molar-refractivity contribution is 0.497. The van der Waals surface area contributed by atoms with Crippen LogP contribution in [-0.4, -0.2) is 29.7 Å². The van der Waals surface area contributed by atoms with Gasteiger partial charge in [0.25, 0.3) is 0 Å². The summed E-state index contributed by atoms with van der Waals surface area (Å²) < 4.78 is 15.4. The molecule has 19 heavy (non-hydrogen) atoms. The lowest BCUT2D eigenvalue weighted by atomic mass is 10.3. The molecule has 3 aromatic rings. The van der Waals surface area contributed by atoms with E-state index >= 15 is 0 Å². The molecule has 5 heteroatoms. The Hall–Kier alpha value is -1.62. The van der Waals surface area contributed by atoms with Gasteiger partial charge in [-0.3, -0.25) is 4.40 Å². The van der Waals surface area contributed by atoms with Crippen molar-refractivity contribution in [2.75, 3.05) is 25.2 Å². The number of halogens is 2. The minimum Gasteiger partial charge on any atom is -0.372 e. The van der Waals surface area contributed by atoms with Crippen LogP contribution >= 0.6 is 15.9 Å². The third kappa shape index (κ3) is 2.18. The molecule has 0 fully saturated rings. The highest BCUT2D eigenvalue weighted by Gasteiger charge is 2.07. The summed E-state index contributed by atoms with van der Waals surface area (Å²) in [5.74, 6) is 0. The predicted octanol–water partition coefficient (Wildman–Crippen LogP) is 3.66. The molecule has 2 heterocycles. The van der Waals surface area contributed by atoms with E-state index in [1.807, 2.05) is 52.9 Å².